The Labute approximate surface area is 93.3 Å². The molecule has 1 heterocycles. The molecule has 1 amide bonds. The van der Waals surface area contributed by atoms with Crippen molar-refractivity contribution < 1.29 is 9.90 Å². The van der Waals surface area contributed by atoms with Crippen molar-refractivity contribution in [3.8, 4) is 0 Å². The van der Waals surface area contributed by atoms with Crippen molar-refractivity contribution in [2.45, 2.75) is 19.4 Å². The van der Waals surface area contributed by atoms with E-state index in [2.05, 4.69) is 10.3 Å². The first kappa shape index (κ1) is 11.9. The Morgan fingerprint density at radius 2 is 2.33 bits per heavy atom. The molecule has 0 spiro atoms. The summed E-state index contributed by atoms with van der Waals surface area (Å²) in [5, 5.41) is 12.3. The average Bonchev–Trinajstić information content (AvgIpc) is 2.14. The predicted molar refractivity (Wildman–Crippen MR) is 57.9 cm³/mol. The van der Waals surface area contributed by atoms with Crippen molar-refractivity contribution in [3.63, 3.8) is 0 Å². The lowest BCUT2D eigenvalue weighted by Crippen LogP contribution is -2.38. The Balaban J connectivity index is 2.66. The van der Waals surface area contributed by atoms with Crippen LogP contribution in [0.25, 0.3) is 0 Å². The Morgan fingerprint density at radius 1 is 1.67 bits per heavy atom. The zero-order chi connectivity index (χ0) is 11.5. The molecule has 2 N–H and O–H groups in total. The SMILES string of the molecule is CC(C)(O)CNC(=O)c1ccncc1Cl. The summed E-state index contributed by atoms with van der Waals surface area (Å²) in [6.07, 6.45) is 2.89. The highest BCUT2D eigenvalue weighted by atomic mass is 35.5. The minimum Gasteiger partial charge on any atom is -0.389 e. The van der Waals surface area contributed by atoms with Gasteiger partial charge < -0.3 is 10.4 Å². The van der Waals surface area contributed by atoms with E-state index in [-0.39, 0.29) is 12.5 Å². The zero-order valence-corrected chi connectivity index (χ0v) is 9.38. The topological polar surface area (TPSA) is 62.2 Å². The fourth-order valence-corrected chi connectivity index (χ4v) is 1.16. The van der Waals surface area contributed by atoms with E-state index in [0.717, 1.165) is 0 Å². The van der Waals surface area contributed by atoms with Crippen LogP contribution < -0.4 is 5.32 Å². The van der Waals surface area contributed by atoms with Crippen LogP contribution in [0.1, 0.15) is 24.2 Å². The van der Waals surface area contributed by atoms with Gasteiger partial charge in [0.05, 0.1) is 16.2 Å². The number of carbonyl (C=O) groups is 1. The third kappa shape index (κ3) is 3.85. The molecule has 0 saturated carbocycles. The monoisotopic (exact) mass is 228 g/mol. The summed E-state index contributed by atoms with van der Waals surface area (Å²) in [4.78, 5) is 15.4. The molecule has 0 aliphatic carbocycles. The second kappa shape index (κ2) is 4.59. The summed E-state index contributed by atoms with van der Waals surface area (Å²) in [6.45, 7) is 3.40. The molecule has 0 bridgehead atoms. The van der Waals surface area contributed by atoms with Crippen molar-refractivity contribution in [2.75, 3.05) is 6.54 Å². The fraction of sp³-hybridized carbons (Fsp3) is 0.400. The molecule has 0 unspecified atom stereocenters. The highest BCUT2D eigenvalue weighted by Gasteiger charge is 2.16. The van der Waals surface area contributed by atoms with Crippen LogP contribution in [0.5, 0.6) is 0 Å². The molecule has 0 aliphatic rings. The number of nitrogens with zero attached hydrogens (tertiary/aromatic N) is 1. The number of hydrogen-bond donors (Lipinski definition) is 2. The minimum atomic E-state index is -0.935. The van der Waals surface area contributed by atoms with Gasteiger partial charge in [-0.15, -0.1) is 0 Å². The van der Waals surface area contributed by atoms with E-state index in [0.29, 0.717) is 10.6 Å². The minimum absolute atomic E-state index is 0.171. The zero-order valence-electron chi connectivity index (χ0n) is 8.62. The third-order valence-corrected chi connectivity index (χ3v) is 2.00. The molecule has 0 fully saturated rings. The molecule has 1 aromatic heterocycles. The molecule has 0 aromatic carbocycles. The molecule has 0 aliphatic heterocycles. The number of pyridine rings is 1. The van der Waals surface area contributed by atoms with Crippen LogP contribution in [0.4, 0.5) is 0 Å². The quantitative estimate of drug-likeness (QED) is 0.818. The van der Waals surface area contributed by atoms with Gasteiger partial charge in [0.1, 0.15) is 0 Å². The summed E-state index contributed by atoms with van der Waals surface area (Å²) in [5.74, 6) is -0.315. The van der Waals surface area contributed by atoms with Gasteiger partial charge in [0, 0.05) is 18.9 Å². The highest BCUT2D eigenvalue weighted by Crippen LogP contribution is 2.13. The predicted octanol–water partition coefficient (Wildman–Crippen LogP) is 1.24. The van der Waals surface area contributed by atoms with E-state index in [1.54, 1.807) is 13.8 Å². The molecule has 1 rings (SSSR count). The van der Waals surface area contributed by atoms with E-state index in [1.165, 1.54) is 18.5 Å². The maximum Gasteiger partial charge on any atom is 0.253 e. The molecule has 0 radical (unpaired) electrons. The van der Waals surface area contributed by atoms with Crippen molar-refractivity contribution >= 4 is 17.5 Å². The fourth-order valence-electron chi connectivity index (χ4n) is 0.951. The maximum atomic E-state index is 11.6. The summed E-state index contributed by atoms with van der Waals surface area (Å²) < 4.78 is 0. The number of nitrogens with one attached hydrogen (secondary N) is 1. The first-order valence-corrected chi connectivity index (χ1v) is 4.88. The molecule has 82 valence electrons. The van der Waals surface area contributed by atoms with Gasteiger partial charge in [-0.25, -0.2) is 0 Å². The first-order valence-electron chi connectivity index (χ1n) is 4.50. The van der Waals surface area contributed by atoms with Gasteiger partial charge in [0.15, 0.2) is 0 Å². The van der Waals surface area contributed by atoms with Crippen LogP contribution >= 0.6 is 11.6 Å². The van der Waals surface area contributed by atoms with Gasteiger partial charge in [0.25, 0.3) is 5.91 Å². The normalized spacial score (nSPS) is 11.2. The number of amides is 1. The Bertz CT molecular complexity index is 361. The number of carbonyl (C=O) groups excluding carboxylic acids is 1. The summed E-state index contributed by atoms with van der Waals surface area (Å²) >= 11 is 5.78. The van der Waals surface area contributed by atoms with Crippen LogP contribution in [0.15, 0.2) is 18.5 Å². The highest BCUT2D eigenvalue weighted by molar-refractivity contribution is 6.33. The molecule has 1 aromatic rings. The van der Waals surface area contributed by atoms with Gasteiger partial charge in [-0.3, -0.25) is 9.78 Å². The van der Waals surface area contributed by atoms with Gasteiger partial charge >= 0.3 is 0 Å². The molecular formula is C10H13ClN2O2. The summed E-state index contributed by atoms with van der Waals surface area (Å²) in [6, 6.07) is 1.53. The molecule has 0 saturated heterocycles. The van der Waals surface area contributed by atoms with Crippen molar-refractivity contribution in [1.29, 1.82) is 0 Å². The first-order chi connectivity index (χ1) is 6.90. The van der Waals surface area contributed by atoms with E-state index in [4.69, 9.17) is 11.6 Å². The van der Waals surface area contributed by atoms with Crippen molar-refractivity contribution in [2.24, 2.45) is 0 Å². The van der Waals surface area contributed by atoms with Crippen LogP contribution in [-0.4, -0.2) is 28.1 Å². The average molecular weight is 229 g/mol. The lowest BCUT2D eigenvalue weighted by atomic mass is 10.1. The number of aromatic nitrogens is 1. The molecule has 0 atom stereocenters. The lowest BCUT2D eigenvalue weighted by molar-refractivity contribution is 0.0694. The van der Waals surface area contributed by atoms with Gasteiger partial charge in [0.2, 0.25) is 0 Å². The molecule has 15 heavy (non-hydrogen) atoms. The molecular weight excluding hydrogens is 216 g/mol. The standard InChI is InChI=1S/C10H13ClN2O2/c1-10(2,15)6-13-9(14)7-3-4-12-5-8(7)11/h3-5,15H,6H2,1-2H3,(H,13,14). The molecule has 4 nitrogen and oxygen atoms in total. The Hall–Kier alpha value is -1.13. The number of halogens is 1. The van der Waals surface area contributed by atoms with Crippen LogP contribution in [-0.2, 0) is 0 Å². The molecule has 5 heteroatoms. The van der Waals surface area contributed by atoms with E-state index in [9.17, 15) is 9.90 Å². The second-order valence-corrected chi connectivity index (χ2v) is 4.26. The van der Waals surface area contributed by atoms with E-state index in [1.807, 2.05) is 0 Å². The van der Waals surface area contributed by atoms with Crippen molar-refractivity contribution in [1.82, 2.24) is 10.3 Å². The number of rotatable bonds is 3. The summed E-state index contributed by atoms with van der Waals surface area (Å²) in [7, 11) is 0. The summed E-state index contributed by atoms with van der Waals surface area (Å²) in [5.41, 5.74) is -0.578. The largest absolute Gasteiger partial charge is 0.389 e. The Morgan fingerprint density at radius 3 is 2.87 bits per heavy atom. The smallest absolute Gasteiger partial charge is 0.253 e. The van der Waals surface area contributed by atoms with Crippen LogP contribution in [0, 0.1) is 0 Å². The number of aliphatic hydroxyl groups is 1. The van der Waals surface area contributed by atoms with Gasteiger partial charge in [-0.2, -0.15) is 0 Å². The van der Waals surface area contributed by atoms with Crippen molar-refractivity contribution in [3.05, 3.63) is 29.0 Å². The van der Waals surface area contributed by atoms with Crippen LogP contribution in [0.3, 0.4) is 0 Å². The van der Waals surface area contributed by atoms with E-state index < -0.39 is 5.60 Å². The number of hydrogen-bond acceptors (Lipinski definition) is 3. The Kier molecular flexibility index (Phi) is 3.66. The van der Waals surface area contributed by atoms with Crippen LogP contribution in [0.2, 0.25) is 5.02 Å². The lowest BCUT2D eigenvalue weighted by Gasteiger charge is -2.17. The maximum absolute atomic E-state index is 11.6. The van der Waals surface area contributed by atoms with E-state index >= 15 is 0 Å². The third-order valence-electron chi connectivity index (χ3n) is 1.70. The second-order valence-electron chi connectivity index (χ2n) is 3.85. The van der Waals surface area contributed by atoms with Gasteiger partial charge in [-0.1, -0.05) is 11.6 Å². The van der Waals surface area contributed by atoms with Gasteiger partial charge in [-0.05, 0) is 19.9 Å².